The molecule has 1 aliphatic rings. The van der Waals surface area contributed by atoms with Gasteiger partial charge in [0.1, 0.15) is 0 Å². The van der Waals surface area contributed by atoms with Gasteiger partial charge in [0.2, 0.25) is 0 Å². The topological polar surface area (TPSA) is 29.3 Å². The van der Waals surface area contributed by atoms with Crippen LogP contribution in [0.1, 0.15) is 20.3 Å². The summed E-state index contributed by atoms with van der Waals surface area (Å²) in [7, 11) is 0. The first-order valence-corrected chi connectivity index (χ1v) is 6.07. The van der Waals surface area contributed by atoms with Crippen molar-refractivity contribution in [3.8, 4) is 0 Å². The molecule has 3 heteroatoms. The first kappa shape index (κ1) is 11.0. The highest BCUT2D eigenvalue weighted by atomic mass is 79.9. The summed E-state index contributed by atoms with van der Waals surface area (Å²) in [5, 5.41) is 0. The van der Waals surface area contributed by atoms with Gasteiger partial charge in [-0.25, -0.2) is 0 Å². The van der Waals surface area contributed by atoms with E-state index in [1.165, 1.54) is 5.69 Å². The fraction of sp³-hybridized carbons (Fsp3) is 0.500. The summed E-state index contributed by atoms with van der Waals surface area (Å²) in [6, 6.07) is 8.74. The van der Waals surface area contributed by atoms with Crippen molar-refractivity contribution in [1.82, 2.24) is 0 Å². The molecular weight excluding hydrogens is 252 g/mol. The van der Waals surface area contributed by atoms with Crippen LogP contribution in [0.15, 0.2) is 28.7 Å². The Kier molecular flexibility index (Phi) is 2.77. The second kappa shape index (κ2) is 3.80. The molecule has 0 spiro atoms. The van der Waals surface area contributed by atoms with Crippen molar-refractivity contribution < 1.29 is 0 Å². The van der Waals surface area contributed by atoms with E-state index in [1.54, 1.807) is 0 Å². The maximum absolute atomic E-state index is 6.02. The lowest BCUT2D eigenvalue weighted by Crippen LogP contribution is -2.38. The number of hydrogen-bond donors (Lipinski definition) is 1. The van der Waals surface area contributed by atoms with E-state index in [2.05, 4.69) is 58.9 Å². The molecule has 82 valence electrons. The van der Waals surface area contributed by atoms with Crippen molar-refractivity contribution in [2.24, 2.45) is 5.73 Å². The minimum atomic E-state index is 0.174. The van der Waals surface area contributed by atoms with Crippen LogP contribution in [-0.4, -0.2) is 18.1 Å². The molecule has 1 aromatic rings. The third-order valence-electron chi connectivity index (χ3n) is 3.05. The maximum atomic E-state index is 6.02. The van der Waals surface area contributed by atoms with Gasteiger partial charge >= 0.3 is 0 Å². The van der Waals surface area contributed by atoms with Crippen LogP contribution >= 0.6 is 15.9 Å². The minimum absolute atomic E-state index is 0.174. The Hall–Kier alpha value is -0.540. The van der Waals surface area contributed by atoms with Gasteiger partial charge in [0, 0.05) is 28.3 Å². The van der Waals surface area contributed by atoms with E-state index in [4.69, 9.17) is 5.73 Å². The monoisotopic (exact) mass is 268 g/mol. The molecule has 0 saturated carbocycles. The summed E-state index contributed by atoms with van der Waals surface area (Å²) in [6.07, 6.45) is 1.06. The van der Waals surface area contributed by atoms with E-state index in [1.807, 2.05) is 0 Å². The summed E-state index contributed by atoms with van der Waals surface area (Å²) < 4.78 is 1.12. The molecule has 1 fully saturated rings. The zero-order valence-corrected chi connectivity index (χ0v) is 10.8. The third-order valence-corrected chi connectivity index (χ3v) is 3.58. The summed E-state index contributed by atoms with van der Waals surface area (Å²) in [6.45, 7) is 5.46. The van der Waals surface area contributed by atoms with Crippen molar-refractivity contribution in [2.45, 2.75) is 31.8 Å². The van der Waals surface area contributed by atoms with Gasteiger partial charge in [0.15, 0.2) is 0 Å². The zero-order chi connectivity index (χ0) is 11.1. The van der Waals surface area contributed by atoms with Crippen LogP contribution in [0.3, 0.4) is 0 Å². The van der Waals surface area contributed by atoms with Gasteiger partial charge in [-0.05, 0) is 44.5 Å². The van der Waals surface area contributed by atoms with Gasteiger partial charge in [-0.1, -0.05) is 15.9 Å². The molecule has 0 radical (unpaired) electrons. The van der Waals surface area contributed by atoms with Crippen LogP contribution in [0, 0.1) is 0 Å². The standard InChI is InChI=1S/C12H17BrN2/c1-12(2)7-10(14)8-15(12)11-5-3-9(13)4-6-11/h3-6,10H,7-8,14H2,1-2H3. The van der Waals surface area contributed by atoms with Crippen LogP contribution in [0.2, 0.25) is 0 Å². The minimum Gasteiger partial charge on any atom is -0.365 e. The number of nitrogens with zero attached hydrogens (tertiary/aromatic N) is 1. The quantitative estimate of drug-likeness (QED) is 0.849. The lowest BCUT2D eigenvalue weighted by atomic mass is 10.0. The molecule has 0 aliphatic carbocycles. The average Bonchev–Trinajstić information content (AvgIpc) is 2.41. The SMILES string of the molecule is CC1(C)CC(N)CN1c1ccc(Br)cc1. The molecular formula is C12H17BrN2. The highest BCUT2D eigenvalue weighted by Gasteiger charge is 2.36. The summed E-state index contributed by atoms with van der Waals surface area (Å²) in [5.74, 6) is 0. The Morgan fingerprint density at radius 3 is 2.40 bits per heavy atom. The Balaban J connectivity index is 2.27. The van der Waals surface area contributed by atoms with Crippen molar-refractivity contribution in [1.29, 1.82) is 0 Å². The number of nitrogens with two attached hydrogens (primary N) is 1. The first-order chi connectivity index (χ1) is 6.99. The molecule has 0 bridgehead atoms. The van der Waals surface area contributed by atoms with E-state index in [0.29, 0.717) is 6.04 Å². The molecule has 2 rings (SSSR count). The molecule has 2 nitrogen and oxygen atoms in total. The van der Waals surface area contributed by atoms with Gasteiger partial charge < -0.3 is 10.6 Å². The molecule has 0 amide bonds. The smallest absolute Gasteiger partial charge is 0.0371 e. The molecule has 15 heavy (non-hydrogen) atoms. The molecule has 0 aromatic heterocycles. The van der Waals surface area contributed by atoms with Crippen LogP contribution in [0.4, 0.5) is 5.69 Å². The Bertz CT molecular complexity index is 345. The zero-order valence-electron chi connectivity index (χ0n) is 9.20. The van der Waals surface area contributed by atoms with E-state index in [-0.39, 0.29) is 5.54 Å². The van der Waals surface area contributed by atoms with Gasteiger partial charge in [0.25, 0.3) is 0 Å². The predicted octanol–water partition coefficient (Wildman–Crippen LogP) is 2.77. The molecule has 2 N–H and O–H groups in total. The number of anilines is 1. The predicted molar refractivity (Wildman–Crippen MR) is 68.2 cm³/mol. The third kappa shape index (κ3) is 2.18. The molecule has 1 aromatic carbocycles. The highest BCUT2D eigenvalue weighted by Crippen LogP contribution is 2.33. The van der Waals surface area contributed by atoms with Crippen molar-refractivity contribution in [3.63, 3.8) is 0 Å². The number of rotatable bonds is 1. The van der Waals surface area contributed by atoms with Crippen LogP contribution < -0.4 is 10.6 Å². The number of benzene rings is 1. The van der Waals surface area contributed by atoms with Gasteiger partial charge in [-0.2, -0.15) is 0 Å². The summed E-state index contributed by atoms with van der Waals surface area (Å²) in [5.41, 5.74) is 7.45. The molecule has 1 unspecified atom stereocenters. The van der Waals surface area contributed by atoms with Crippen LogP contribution in [-0.2, 0) is 0 Å². The fourth-order valence-corrected chi connectivity index (χ4v) is 2.64. The summed E-state index contributed by atoms with van der Waals surface area (Å²) >= 11 is 3.45. The van der Waals surface area contributed by atoms with Gasteiger partial charge in [0.05, 0.1) is 0 Å². The Labute approximate surface area is 99.6 Å². The fourth-order valence-electron chi connectivity index (χ4n) is 2.37. The van der Waals surface area contributed by atoms with Gasteiger partial charge in [-0.3, -0.25) is 0 Å². The lowest BCUT2D eigenvalue weighted by molar-refractivity contribution is 0.506. The Morgan fingerprint density at radius 2 is 1.93 bits per heavy atom. The number of halogens is 1. The lowest BCUT2D eigenvalue weighted by Gasteiger charge is -2.33. The van der Waals surface area contributed by atoms with Crippen molar-refractivity contribution in [2.75, 3.05) is 11.4 Å². The molecule has 1 saturated heterocycles. The first-order valence-electron chi connectivity index (χ1n) is 5.28. The second-order valence-electron chi connectivity index (χ2n) is 4.86. The van der Waals surface area contributed by atoms with E-state index in [9.17, 15) is 0 Å². The number of hydrogen-bond acceptors (Lipinski definition) is 2. The van der Waals surface area contributed by atoms with Crippen molar-refractivity contribution in [3.05, 3.63) is 28.7 Å². The van der Waals surface area contributed by atoms with E-state index in [0.717, 1.165) is 17.4 Å². The molecule has 1 heterocycles. The summed E-state index contributed by atoms with van der Waals surface area (Å²) in [4.78, 5) is 2.39. The van der Waals surface area contributed by atoms with Crippen LogP contribution in [0.5, 0.6) is 0 Å². The maximum Gasteiger partial charge on any atom is 0.0371 e. The van der Waals surface area contributed by atoms with Crippen molar-refractivity contribution >= 4 is 21.6 Å². The van der Waals surface area contributed by atoms with E-state index >= 15 is 0 Å². The van der Waals surface area contributed by atoms with E-state index < -0.39 is 0 Å². The van der Waals surface area contributed by atoms with Gasteiger partial charge in [-0.15, -0.1) is 0 Å². The van der Waals surface area contributed by atoms with Crippen LogP contribution in [0.25, 0.3) is 0 Å². The normalized spacial score (nSPS) is 24.5. The largest absolute Gasteiger partial charge is 0.365 e. The average molecular weight is 269 g/mol. The highest BCUT2D eigenvalue weighted by molar-refractivity contribution is 9.10. The molecule has 1 aliphatic heterocycles. The second-order valence-corrected chi connectivity index (χ2v) is 5.78. The molecule has 1 atom stereocenters. The Morgan fingerprint density at radius 1 is 1.33 bits per heavy atom.